The number of ether oxygens (including phenoxy) is 6. The molecular formula is C19H22O7. The first-order valence-electron chi connectivity index (χ1n) is 8.02. The second-order valence-corrected chi connectivity index (χ2v) is 5.65. The summed E-state index contributed by atoms with van der Waals surface area (Å²) < 4.78 is 32.2. The lowest BCUT2D eigenvalue weighted by Crippen LogP contribution is -2.11. The molecule has 0 saturated carbocycles. The summed E-state index contributed by atoms with van der Waals surface area (Å²) in [5.74, 6) is 2.26. The molecule has 1 aliphatic heterocycles. The predicted octanol–water partition coefficient (Wildman–Crippen LogP) is 2.81. The third-order valence-corrected chi connectivity index (χ3v) is 4.28. The van der Waals surface area contributed by atoms with E-state index in [0.717, 1.165) is 0 Å². The van der Waals surface area contributed by atoms with E-state index in [2.05, 4.69) is 0 Å². The Balaban J connectivity index is 2.07. The van der Waals surface area contributed by atoms with E-state index >= 15 is 0 Å². The van der Waals surface area contributed by atoms with Gasteiger partial charge in [-0.15, -0.1) is 0 Å². The fraction of sp³-hybridized carbons (Fsp3) is 0.368. The van der Waals surface area contributed by atoms with Crippen LogP contribution in [0.25, 0.3) is 0 Å². The van der Waals surface area contributed by atoms with Gasteiger partial charge in [0.05, 0.1) is 14.2 Å². The maximum absolute atomic E-state index is 11.0. The molecule has 140 valence electrons. The van der Waals surface area contributed by atoms with E-state index in [4.69, 9.17) is 28.4 Å². The third-order valence-electron chi connectivity index (χ3n) is 4.28. The number of aliphatic hydroxyl groups excluding tert-OH is 1. The smallest absolute Gasteiger partial charge is 0.231 e. The Kier molecular flexibility index (Phi) is 5.51. The number of rotatable bonds is 7. The van der Waals surface area contributed by atoms with Crippen LogP contribution >= 0.6 is 0 Å². The first kappa shape index (κ1) is 18.3. The van der Waals surface area contributed by atoms with Crippen molar-refractivity contribution in [2.24, 2.45) is 0 Å². The summed E-state index contributed by atoms with van der Waals surface area (Å²) in [7, 11) is 6.17. The van der Waals surface area contributed by atoms with Crippen molar-refractivity contribution in [3.63, 3.8) is 0 Å². The second kappa shape index (κ2) is 7.82. The molecule has 1 unspecified atom stereocenters. The Morgan fingerprint density at radius 3 is 2.04 bits per heavy atom. The van der Waals surface area contributed by atoms with Crippen LogP contribution in [0.1, 0.15) is 29.1 Å². The molecule has 3 rings (SSSR count). The van der Waals surface area contributed by atoms with Gasteiger partial charge in [0.2, 0.25) is 6.79 Å². The fourth-order valence-electron chi connectivity index (χ4n) is 2.97. The molecule has 1 atom stereocenters. The van der Waals surface area contributed by atoms with Crippen LogP contribution in [0.5, 0.6) is 23.0 Å². The Hall–Kier alpha value is -2.48. The molecule has 0 radical (unpaired) electrons. The van der Waals surface area contributed by atoms with Crippen molar-refractivity contribution < 1.29 is 33.5 Å². The molecule has 2 aromatic rings. The van der Waals surface area contributed by atoms with Crippen LogP contribution in [-0.2, 0) is 9.47 Å². The molecule has 0 aromatic heterocycles. The molecule has 26 heavy (non-hydrogen) atoms. The van der Waals surface area contributed by atoms with Crippen molar-refractivity contribution in [2.45, 2.75) is 12.4 Å². The first-order valence-corrected chi connectivity index (χ1v) is 8.02. The summed E-state index contributed by atoms with van der Waals surface area (Å²) in [6.07, 6.45) is -1.61. The number of methoxy groups -OCH3 is 4. The summed E-state index contributed by atoms with van der Waals surface area (Å²) in [4.78, 5) is 0. The second-order valence-electron chi connectivity index (χ2n) is 5.65. The number of aliphatic hydroxyl groups is 1. The topological polar surface area (TPSA) is 75.6 Å². The summed E-state index contributed by atoms with van der Waals surface area (Å²) in [6, 6.07) is 8.75. The predicted molar refractivity (Wildman–Crippen MR) is 92.9 cm³/mol. The van der Waals surface area contributed by atoms with Crippen LogP contribution in [0.2, 0.25) is 0 Å². The van der Waals surface area contributed by atoms with E-state index in [9.17, 15) is 5.11 Å². The lowest BCUT2D eigenvalue weighted by Gasteiger charge is -2.22. The minimum atomic E-state index is -0.952. The molecular weight excluding hydrogens is 340 g/mol. The van der Waals surface area contributed by atoms with Gasteiger partial charge in [-0.2, -0.15) is 0 Å². The molecule has 7 heteroatoms. The molecule has 0 amide bonds. The van der Waals surface area contributed by atoms with E-state index in [1.165, 1.54) is 14.2 Å². The van der Waals surface area contributed by atoms with E-state index in [-0.39, 0.29) is 6.79 Å². The van der Waals surface area contributed by atoms with Crippen LogP contribution in [-0.4, -0.2) is 40.3 Å². The quantitative estimate of drug-likeness (QED) is 0.759. The average molecular weight is 362 g/mol. The van der Waals surface area contributed by atoms with Gasteiger partial charge in [0.25, 0.3) is 0 Å². The zero-order chi connectivity index (χ0) is 18.7. The highest BCUT2D eigenvalue weighted by atomic mass is 16.7. The molecule has 1 aliphatic rings. The van der Waals surface area contributed by atoms with E-state index in [1.807, 2.05) is 0 Å². The summed E-state index contributed by atoms with van der Waals surface area (Å²) in [5, 5.41) is 11.0. The lowest BCUT2D eigenvalue weighted by atomic mass is 9.95. The maximum Gasteiger partial charge on any atom is 0.231 e. The Bertz CT molecular complexity index is 771. The minimum Gasteiger partial charge on any atom is -0.493 e. The number of hydrogen-bond acceptors (Lipinski definition) is 7. The highest BCUT2D eigenvalue weighted by molar-refractivity contribution is 5.53. The van der Waals surface area contributed by atoms with Crippen LogP contribution in [0.4, 0.5) is 0 Å². The van der Waals surface area contributed by atoms with Gasteiger partial charge in [0, 0.05) is 19.8 Å². The summed E-state index contributed by atoms with van der Waals surface area (Å²) >= 11 is 0. The lowest BCUT2D eigenvalue weighted by molar-refractivity contribution is -0.107. The molecule has 0 fully saturated rings. The van der Waals surface area contributed by atoms with Crippen molar-refractivity contribution in [3.05, 3.63) is 47.0 Å². The van der Waals surface area contributed by atoms with Crippen molar-refractivity contribution >= 4 is 0 Å². The van der Waals surface area contributed by atoms with Gasteiger partial charge in [0.1, 0.15) is 6.10 Å². The largest absolute Gasteiger partial charge is 0.493 e. The van der Waals surface area contributed by atoms with E-state index in [0.29, 0.717) is 39.7 Å². The van der Waals surface area contributed by atoms with Crippen molar-refractivity contribution in [1.29, 1.82) is 0 Å². The zero-order valence-corrected chi connectivity index (χ0v) is 15.1. The molecule has 0 spiro atoms. The SMILES string of the molecule is COc1ccc(C(O)c2cc3c(cc2C(OC)OC)OCO3)cc1OC. The highest BCUT2D eigenvalue weighted by Crippen LogP contribution is 2.42. The van der Waals surface area contributed by atoms with Gasteiger partial charge in [0.15, 0.2) is 29.3 Å². The van der Waals surface area contributed by atoms with Gasteiger partial charge in [-0.3, -0.25) is 0 Å². The number of benzene rings is 2. The third kappa shape index (κ3) is 3.29. The Morgan fingerprint density at radius 2 is 1.46 bits per heavy atom. The van der Waals surface area contributed by atoms with Gasteiger partial charge in [-0.1, -0.05) is 6.07 Å². The van der Waals surface area contributed by atoms with Crippen LogP contribution in [0.15, 0.2) is 30.3 Å². The molecule has 2 aromatic carbocycles. The Morgan fingerprint density at radius 1 is 0.846 bits per heavy atom. The number of hydrogen-bond donors (Lipinski definition) is 1. The van der Waals surface area contributed by atoms with E-state index in [1.54, 1.807) is 44.6 Å². The van der Waals surface area contributed by atoms with Crippen LogP contribution in [0, 0.1) is 0 Å². The summed E-state index contributed by atoms with van der Waals surface area (Å²) in [6.45, 7) is 0.134. The van der Waals surface area contributed by atoms with Crippen molar-refractivity contribution in [2.75, 3.05) is 35.2 Å². The van der Waals surface area contributed by atoms with Gasteiger partial charge >= 0.3 is 0 Å². The monoisotopic (exact) mass is 362 g/mol. The van der Waals surface area contributed by atoms with Gasteiger partial charge in [-0.05, 0) is 35.4 Å². The van der Waals surface area contributed by atoms with E-state index < -0.39 is 12.4 Å². The Labute approximate surface area is 152 Å². The number of fused-ring (bicyclic) bond motifs is 1. The van der Waals surface area contributed by atoms with Crippen molar-refractivity contribution in [3.8, 4) is 23.0 Å². The normalized spacial score (nSPS) is 13.8. The van der Waals surface area contributed by atoms with Crippen LogP contribution < -0.4 is 18.9 Å². The maximum atomic E-state index is 11.0. The molecule has 1 N–H and O–H groups in total. The zero-order valence-electron chi connectivity index (χ0n) is 15.1. The molecule has 0 saturated heterocycles. The van der Waals surface area contributed by atoms with Crippen molar-refractivity contribution in [1.82, 2.24) is 0 Å². The van der Waals surface area contributed by atoms with Gasteiger partial charge < -0.3 is 33.5 Å². The van der Waals surface area contributed by atoms with Gasteiger partial charge in [-0.25, -0.2) is 0 Å². The highest BCUT2D eigenvalue weighted by Gasteiger charge is 2.26. The minimum absolute atomic E-state index is 0.134. The first-order chi connectivity index (χ1) is 12.6. The molecule has 7 nitrogen and oxygen atoms in total. The average Bonchev–Trinajstić information content (AvgIpc) is 3.14. The molecule has 1 heterocycles. The summed E-state index contributed by atoms with van der Waals surface area (Å²) in [5.41, 5.74) is 1.88. The fourth-order valence-corrected chi connectivity index (χ4v) is 2.97. The molecule has 0 aliphatic carbocycles. The van der Waals surface area contributed by atoms with Crippen LogP contribution in [0.3, 0.4) is 0 Å². The molecule has 0 bridgehead atoms. The standard InChI is InChI=1S/C19H22O7/c1-21-14-6-5-11(7-15(14)22-2)18(20)12-8-16-17(26-10-25-16)9-13(12)19(23-3)24-4/h5-9,18-20H,10H2,1-4H3.